The third kappa shape index (κ3) is 11.1. The van der Waals surface area contributed by atoms with Gasteiger partial charge in [0.15, 0.2) is 5.69 Å². The zero-order valence-corrected chi connectivity index (χ0v) is 27.2. The van der Waals surface area contributed by atoms with Crippen molar-refractivity contribution in [3.63, 3.8) is 0 Å². The third-order valence-electron chi connectivity index (χ3n) is 7.13. The number of ether oxygens (including phenoxy) is 1. The first-order chi connectivity index (χ1) is 22.2. The summed E-state index contributed by atoms with van der Waals surface area (Å²) in [7, 11) is 0. The molecule has 2 aromatic rings. The topological polar surface area (TPSA) is 184 Å². The second kappa shape index (κ2) is 16.5. The molecule has 3 N–H and O–H groups in total. The van der Waals surface area contributed by atoms with E-state index in [2.05, 4.69) is 21.1 Å². The quantitative estimate of drug-likeness (QED) is 0.228. The molecule has 1 saturated heterocycles. The van der Waals surface area contributed by atoms with E-state index < -0.39 is 58.8 Å². The van der Waals surface area contributed by atoms with Crippen molar-refractivity contribution in [1.29, 1.82) is 5.26 Å². The number of piperidine rings is 1. The van der Waals surface area contributed by atoms with Crippen molar-refractivity contribution in [2.24, 2.45) is 5.92 Å². The van der Waals surface area contributed by atoms with Gasteiger partial charge in [-0.15, -0.1) is 0 Å². The minimum Gasteiger partial charge on any atom is -0.443 e. The highest BCUT2D eigenvalue weighted by Crippen LogP contribution is 2.20. The second-order valence-electron chi connectivity index (χ2n) is 12.3. The van der Waals surface area contributed by atoms with Crippen molar-refractivity contribution in [2.45, 2.75) is 84.4 Å². The number of hydrogen-bond donors (Lipinski definition) is 3. The highest BCUT2D eigenvalue weighted by molar-refractivity contribution is 6.05. The predicted octanol–water partition coefficient (Wildman–Crippen LogP) is 3.49. The lowest BCUT2D eigenvalue weighted by Gasteiger charge is -2.28. The Kier molecular flexibility index (Phi) is 12.8. The monoisotopic (exact) mass is 652 g/mol. The molecule has 0 radical (unpaired) electrons. The highest BCUT2D eigenvalue weighted by atomic mass is 19.1. The van der Waals surface area contributed by atoms with Crippen molar-refractivity contribution in [3.05, 3.63) is 64.8 Å². The Labute approximate surface area is 272 Å². The van der Waals surface area contributed by atoms with Gasteiger partial charge >= 0.3 is 6.09 Å². The van der Waals surface area contributed by atoms with Gasteiger partial charge in [0.2, 0.25) is 11.8 Å². The van der Waals surface area contributed by atoms with Gasteiger partial charge in [-0.3, -0.25) is 19.2 Å². The van der Waals surface area contributed by atoms with E-state index in [-0.39, 0.29) is 31.0 Å². The summed E-state index contributed by atoms with van der Waals surface area (Å²) < 4.78 is 24.0. The fourth-order valence-corrected chi connectivity index (χ4v) is 4.91. The molecular formula is C33H41FN6O7. The number of nitrogens with one attached hydrogen (secondary N) is 3. The van der Waals surface area contributed by atoms with Crippen LogP contribution in [0.4, 0.5) is 9.18 Å². The predicted molar refractivity (Wildman–Crippen MR) is 167 cm³/mol. The van der Waals surface area contributed by atoms with Crippen LogP contribution in [-0.2, 0) is 25.5 Å². The van der Waals surface area contributed by atoms with Crippen LogP contribution in [0, 0.1) is 30.0 Å². The molecule has 14 heteroatoms. The molecule has 2 heterocycles. The average molecular weight is 653 g/mol. The van der Waals surface area contributed by atoms with Crippen LogP contribution in [0.15, 0.2) is 46.5 Å². The number of carbonyl (C=O) groups is 5. The number of aryl methyl sites for hydroxylation is 1. The number of amides is 5. The SMILES string of the molecule is CCCN(C(=O)OC(C)(C)C)C(=O)C(C#N)=CC(CC1CCCNC1=O)NC(=O)C(Cc1ccc(F)cc1)NC(=O)c1cc(C)on1. The van der Waals surface area contributed by atoms with Gasteiger partial charge in [0.05, 0.1) is 0 Å². The van der Waals surface area contributed by atoms with Crippen LogP contribution in [0.3, 0.4) is 0 Å². The standard InChI is InChI=1S/C33H41FN6O7/c1-6-14-40(32(45)46-33(3,4)5)31(44)23(19-35)18-25(17-22-8-7-13-36-28(22)41)37-29(42)26(16-21-9-11-24(34)12-10-21)38-30(43)27-15-20(2)47-39-27/h9-12,15,18,22,25-26H,6-8,13-14,16-17H2,1-5H3,(H,36,41)(H,37,42)(H,38,43). The van der Waals surface area contributed by atoms with Crippen LogP contribution < -0.4 is 16.0 Å². The van der Waals surface area contributed by atoms with Gasteiger partial charge < -0.3 is 25.2 Å². The van der Waals surface area contributed by atoms with E-state index in [1.807, 2.05) is 6.07 Å². The molecular weight excluding hydrogens is 611 g/mol. The molecule has 3 atom stereocenters. The van der Waals surface area contributed by atoms with Gasteiger partial charge in [0.1, 0.15) is 34.9 Å². The lowest BCUT2D eigenvalue weighted by atomic mass is 9.90. The zero-order valence-electron chi connectivity index (χ0n) is 27.2. The van der Waals surface area contributed by atoms with Crippen molar-refractivity contribution in [3.8, 4) is 6.07 Å². The summed E-state index contributed by atoms with van der Waals surface area (Å²) in [5, 5.41) is 21.9. The van der Waals surface area contributed by atoms with E-state index in [4.69, 9.17) is 9.26 Å². The first-order valence-electron chi connectivity index (χ1n) is 15.4. The van der Waals surface area contributed by atoms with E-state index in [0.717, 1.165) is 4.90 Å². The van der Waals surface area contributed by atoms with Crippen LogP contribution in [0.2, 0.25) is 0 Å². The molecule has 3 rings (SSSR count). The molecule has 1 aliphatic rings. The Morgan fingerprint density at radius 3 is 2.51 bits per heavy atom. The lowest BCUT2D eigenvalue weighted by molar-refractivity contribution is -0.128. The Bertz CT molecular complexity index is 1520. The summed E-state index contributed by atoms with van der Waals surface area (Å²) >= 11 is 0. The summed E-state index contributed by atoms with van der Waals surface area (Å²) in [6.07, 6.45) is 1.84. The Morgan fingerprint density at radius 1 is 1.23 bits per heavy atom. The van der Waals surface area contributed by atoms with E-state index in [9.17, 15) is 33.6 Å². The van der Waals surface area contributed by atoms with Gasteiger partial charge in [-0.05, 0) is 77.2 Å². The molecule has 1 aromatic carbocycles. The van der Waals surface area contributed by atoms with Crippen LogP contribution in [0.1, 0.15) is 75.2 Å². The zero-order chi connectivity index (χ0) is 34.7. The number of benzene rings is 1. The summed E-state index contributed by atoms with van der Waals surface area (Å²) in [5.74, 6) is -3.23. The smallest absolute Gasteiger partial charge is 0.417 e. The average Bonchev–Trinajstić information content (AvgIpc) is 3.45. The Hall–Kier alpha value is -5.06. The molecule has 1 aromatic heterocycles. The number of imide groups is 1. The van der Waals surface area contributed by atoms with E-state index in [1.165, 1.54) is 36.4 Å². The molecule has 13 nitrogen and oxygen atoms in total. The Balaban J connectivity index is 1.96. The maximum absolute atomic E-state index is 13.8. The number of nitriles is 1. The molecule has 0 spiro atoms. The van der Waals surface area contributed by atoms with Crippen LogP contribution >= 0.6 is 0 Å². The molecule has 1 fully saturated rings. The van der Waals surface area contributed by atoms with Crippen LogP contribution in [0.5, 0.6) is 0 Å². The number of aromatic nitrogens is 1. The number of rotatable bonds is 12. The van der Waals surface area contributed by atoms with Gasteiger partial charge in [-0.1, -0.05) is 24.2 Å². The van der Waals surface area contributed by atoms with Crippen molar-refractivity contribution >= 4 is 29.7 Å². The molecule has 47 heavy (non-hydrogen) atoms. The molecule has 0 bridgehead atoms. The Morgan fingerprint density at radius 2 is 1.94 bits per heavy atom. The minimum absolute atomic E-state index is 0.0238. The maximum Gasteiger partial charge on any atom is 0.417 e. The molecule has 252 valence electrons. The fourth-order valence-electron chi connectivity index (χ4n) is 4.91. The van der Waals surface area contributed by atoms with Gasteiger partial charge in [0, 0.05) is 37.5 Å². The lowest BCUT2D eigenvalue weighted by Crippen LogP contribution is -2.51. The van der Waals surface area contributed by atoms with Crippen molar-refractivity contribution < 1.29 is 37.6 Å². The first kappa shape index (κ1) is 36.4. The number of halogens is 1. The van der Waals surface area contributed by atoms with E-state index in [0.29, 0.717) is 37.1 Å². The molecule has 1 aliphatic heterocycles. The molecule has 0 saturated carbocycles. The van der Waals surface area contributed by atoms with Crippen LogP contribution in [0.25, 0.3) is 0 Å². The maximum atomic E-state index is 13.8. The first-order valence-corrected chi connectivity index (χ1v) is 15.4. The number of hydrogen-bond acceptors (Lipinski definition) is 9. The highest BCUT2D eigenvalue weighted by Gasteiger charge is 2.32. The summed E-state index contributed by atoms with van der Waals surface area (Å²) in [5.41, 5.74) is -0.880. The van der Waals surface area contributed by atoms with Crippen LogP contribution in [-0.4, -0.2) is 70.6 Å². The van der Waals surface area contributed by atoms with E-state index >= 15 is 0 Å². The van der Waals surface area contributed by atoms with Crippen molar-refractivity contribution in [1.82, 2.24) is 26.0 Å². The summed E-state index contributed by atoms with van der Waals surface area (Å²) in [6.45, 7) is 8.76. The molecule has 5 amide bonds. The number of nitrogens with zero attached hydrogens (tertiary/aromatic N) is 3. The summed E-state index contributed by atoms with van der Waals surface area (Å²) in [4.78, 5) is 66.7. The third-order valence-corrected chi connectivity index (χ3v) is 7.13. The van der Waals surface area contributed by atoms with Gasteiger partial charge in [-0.25, -0.2) is 14.1 Å². The molecule has 0 aliphatic carbocycles. The van der Waals surface area contributed by atoms with Gasteiger partial charge in [0.25, 0.3) is 11.8 Å². The van der Waals surface area contributed by atoms with E-state index in [1.54, 1.807) is 34.6 Å². The fraction of sp³-hybridized carbons (Fsp3) is 0.485. The molecule has 3 unspecified atom stereocenters. The summed E-state index contributed by atoms with van der Waals surface area (Å²) in [6, 6.07) is 6.34. The second-order valence-corrected chi connectivity index (χ2v) is 12.3. The minimum atomic E-state index is -1.22. The largest absolute Gasteiger partial charge is 0.443 e. The van der Waals surface area contributed by atoms with Crippen molar-refractivity contribution in [2.75, 3.05) is 13.1 Å². The number of carbonyl (C=O) groups excluding carboxylic acids is 5. The van der Waals surface area contributed by atoms with Gasteiger partial charge in [-0.2, -0.15) is 5.26 Å². The normalized spacial score (nSPS) is 16.2.